The molecule has 0 aliphatic carbocycles. The van der Waals surface area contributed by atoms with Gasteiger partial charge in [0.2, 0.25) is 11.8 Å². The van der Waals surface area contributed by atoms with E-state index in [4.69, 9.17) is 34.0 Å². The predicted octanol–water partition coefficient (Wildman–Crippen LogP) is 1.23. The van der Waals surface area contributed by atoms with Gasteiger partial charge in [-0.05, 0) is 23.8 Å². The summed E-state index contributed by atoms with van der Waals surface area (Å²) in [6.45, 7) is 3.42. The summed E-state index contributed by atoms with van der Waals surface area (Å²) in [4.78, 5) is 23.4. The monoisotopic (exact) mass is 316 g/mol. The van der Waals surface area contributed by atoms with Crippen molar-refractivity contribution in [1.82, 2.24) is 5.32 Å². The number of nitrogens with two attached hydrogens (primary N) is 1. The molecule has 0 aliphatic heterocycles. The van der Waals surface area contributed by atoms with Gasteiger partial charge < -0.3 is 16.2 Å². The van der Waals surface area contributed by atoms with Gasteiger partial charge in [-0.25, -0.2) is 0 Å². The van der Waals surface area contributed by atoms with Crippen LogP contribution in [-0.4, -0.2) is 30.1 Å². The lowest BCUT2D eigenvalue weighted by Gasteiger charge is -2.17. The summed E-state index contributed by atoms with van der Waals surface area (Å²) in [5.74, 6) is -2.35. The molecular weight excluding hydrogens is 303 g/mol. The Labute approximate surface area is 126 Å². The van der Waals surface area contributed by atoms with Crippen molar-refractivity contribution in [2.24, 2.45) is 5.73 Å². The van der Waals surface area contributed by atoms with E-state index in [1.807, 2.05) is 0 Å². The van der Waals surface area contributed by atoms with Crippen LogP contribution in [0.2, 0.25) is 10.0 Å². The first-order valence-corrected chi connectivity index (χ1v) is 6.45. The van der Waals surface area contributed by atoms with Crippen LogP contribution in [-0.2, 0) is 9.59 Å². The number of rotatable bonds is 6. The number of amides is 2. The lowest BCUT2D eigenvalue weighted by atomic mass is 9.91. The highest BCUT2D eigenvalue weighted by Crippen LogP contribution is 2.28. The van der Waals surface area contributed by atoms with E-state index in [1.54, 1.807) is 0 Å². The van der Waals surface area contributed by atoms with Crippen molar-refractivity contribution in [2.45, 2.75) is 5.92 Å². The summed E-state index contributed by atoms with van der Waals surface area (Å²) in [6, 6.07) is 4.49. The molecule has 108 valence electrons. The minimum atomic E-state index is -1.04. The number of aliphatic hydroxyl groups is 1. The first kappa shape index (κ1) is 16.5. The number of hydrogen-bond acceptors (Lipinski definition) is 3. The molecule has 0 bridgehead atoms. The predicted molar refractivity (Wildman–Crippen MR) is 77.6 cm³/mol. The molecule has 1 unspecified atom stereocenters. The molecule has 0 heterocycles. The smallest absolute Gasteiger partial charge is 0.247 e. The molecule has 7 heteroatoms. The third-order valence-electron chi connectivity index (χ3n) is 2.54. The highest BCUT2D eigenvalue weighted by atomic mass is 35.5. The summed E-state index contributed by atoms with van der Waals surface area (Å²) in [5, 5.41) is 11.7. The van der Waals surface area contributed by atoms with E-state index in [1.165, 1.54) is 18.2 Å². The Balaban J connectivity index is 3.08. The lowest BCUT2D eigenvalue weighted by Crippen LogP contribution is -2.33. The fourth-order valence-electron chi connectivity index (χ4n) is 1.69. The van der Waals surface area contributed by atoms with Gasteiger partial charge in [0.15, 0.2) is 0 Å². The number of nitrogens with one attached hydrogen (secondary N) is 1. The SMILES string of the molecule is C=C(C(=O)NCCO)C(C(N)=O)c1cc(Cl)cc(Cl)c1. The van der Waals surface area contributed by atoms with Gasteiger partial charge in [-0.1, -0.05) is 29.8 Å². The van der Waals surface area contributed by atoms with Gasteiger partial charge in [0.05, 0.1) is 12.5 Å². The third-order valence-corrected chi connectivity index (χ3v) is 2.98. The van der Waals surface area contributed by atoms with Gasteiger partial charge in [-0.2, -0.15) is 0 Å². The van der Waals surface area contributed by atoms with Crippen LogP contribution in [0.25, 0.3) is 0 Å². The molecular formula is C13H14Cl2N2O3. The number of aliphatic hydroxyl groups excluding tert-OH is 1. The molecule has 20 heavy (non-hydrogen) atoms. The second-order valence-corrected chi connectivity index (χ2v) is 4.92. The average molecular weight is 317 g/mol. The van der Waals surface area contributed by atoms with Crippen LogP contribution < -0.4 is 11.1 Å². The zero-order chi connectivity index (χ0) is 15.3. The fraction of sp³-hybridized carbons (Fsp3) is 0.231. The van der Waals surface area contributed by atoms with Crippen molar-refractivity contribution >= 4 is 35.0 Å². The van der Waals surface area contributed by atoms with Crippen LogP contribution >= 0.6 is 23.2 Å². The van der Waals surface area contributed by atoms with Crippen LogP contribution in [0, 0.1) is 0 Å². The Kier molecular flexibility index (Phi) is 6.01. The van der Waals surface area contributed by atoms with Gasteiger partial charge in [0, 0.05) is 22.2 Å². The summed E-state index contributed by atoms with van der Waals surface area (Å²) in [7, 11) is 0. The first-order valence-electron chi connectivity index (χ1n) is 5.70. The molecule has 1 atom stereocenters. The second-order valence-electron chi connectivity index (χ2n) is 4.04. The van der Waals surface area contributed by atoms with Crippen LogP contribution in [0.1, 0.15) is 11.5 Å². The number of benzene rings is 1. The average Bonchev–Trinajstić information content (AvgIpc) is 2.34. The summed E-state index contributed by atoms with van der Waals surface area (Å²) in [6.07, 6.45) is 0. The topological polar surface area (TPSA) is 92.4 Å². The van der Waals surface area contributed by atoms with Crippen molar-refractivity contribution in [3.63, 3.8) is 0 Å². The molecule has 0 radical (unpaired) electrons. The first-order chi connectivity index (χ1) is 9.36. The molecule has 0 saturated heterocycles. The molecule has 0 aliphatic rings. The van der Waals surface area contributed by atoms with E-state index in [2.05, 4.69) is 11.9 Å². The Morgan fingerprint density at radius 1 is 1.30 bits per heavy atom. The molecule has 1 rings (SSSR count). The largest absolute Gasteiger partial charge is 0.395 e. The molecule has 0 aromatic heterocycles. The van der Waals surface area contributed by atoms with Crippen LogP contribution in [0.4, 0.5) is 0 Å². The molecule has 1 aromatic carbocycles. The number of carbonyl (C=O) groups excluding carboxylic acids is 2. The summed E-state index contributed by atoms with van der Waals surface area (Å²) in [5.41, 5.74) is 5.67. The molecule has 4 N–H and O–H groups in total. The number of hydrogen-bond donors (Lipinski definition) is 3. The molecule has 0 spiro atoms. The van der Waals surface area contributed by atoms with E-state index in [-0.39, 0.29) is 18.7 Å². The van der Waals surface area contributed by atoms with E-state index in [0.29, 0.717) is 15.6 Å². The zero-order valence-electron chi connectivity index (χ0n) is 10.5. The van der Waals surface area contributed by atoms with Crippen molar-refractivity contribution < 1.29 is 14.7 Å². The maximum Gasteiger partial charge on any atom is 0.247 e. The normalized spacial score (nSPS) is 11.8. The Morgan fingerprint density at radius 3 is 2.30 bits per heavy atom. The van der Waals surface area contributed by atoms with E-state index >= 15 is 0 Å². The van der Waals surface area contributed by atoms with Gasteiger partial charge in [0.1, 0.15) is 0 Å². The van der Waals surface area contributed by atoms with Gasteiger partial charge >= 0.3 is 0 Å². The maximum atomic E-state index is 11.8. The highest BCUT2D eigenvalue weighted by Gasteiger charge is 2.26. The highest BCUT2D eigenvalue weighted by molar-refractivity contribution is 6.34. The van der Waals surface area contributed by atoms with Crippen LogP contribution in [0.15, 0.2) is 30.4 Å². The minimum absolute atomic E-state index is 0.0377. The van der Waals surface area contributed by atoms with Gasteiger partial charge in [-0.15, -0.1) is 0 Å². The van der Waals surface area contributed by atoms with E-state index < -0.39 is 17.7 Å². The number of primary amides is 1. The third kappa shape index (κ3) is 4.23. The Bertz CT molecular complexity index is 526. The van der Waals surface area contributed by atoms with Crippen LogP contribution in [0.3, 0.4) is 0 Å². The zero-order valence-corrected chi connectivity index (χ0v) is 12.0. The Morgan fingerprint density at radius 2 is 1.85 bits per heavy atom. The number of carbonyl (C=O) groups is 2. The van der Waals surface area contributed by atoms with Gasteiger partial charge in [0.25, 0.3) is 0 Å². The van der Waals surface area contributed by atoms with E-state index in [9.17, 15) is 9.59 Å². The molecule has 0 fully saturated rings. The van der Waals surface area contributed by atoms with Crippen molar-refractivity contribution in [2.75, 3.05) is 13.2 Å². The van der Waals surface area contributed by atoms with Crippen molar-refractivity contribution in [1.29, 1.82) is 0 Å². The summed E-state index contributed by atoms with van der Waals surface area (Å²) >= 11 is 11.7. The van der Waals surface area contributed by atoms with Crippen molar-refractivity contribution in [3.8, 4) is 0 Å². The minimum Gasteiger partial charge on any atom is -0.395 e. The Hall–Kier alpha value is -1.56. The lowest BCUT2D eigenvalue weighted by molar-refractivity contribution is -0.122. The van der Waals surface area contributed by atoms with Gasteiger partial charge in [-0.3, -0.25) is 9.59 Å². The molecule has 1 aromatic rings. The maximum absolute atomic E-state index is 11.8. The van der Waals surface area contributed by atoms with Crippen molar-refractivity contribution in [3.05, 3.63) is 46.0 Å². The molecule has 2 amide bonds. The molecule has 5 nitrogen and oxygen atoms in total. The second kappa shape index (κ2) is 7.28. The van der Waals surface area contributed by atoms with E-state index in [0.717, 1.165) is 0 Å². The van der Waals surface area contributed by atoms with Crippen LogP contribution in [0.5, 0.6) is 0 Å². The molecule has 0 saturated carbocycles. The summed E-state index contributed by atoms with van der Waals surface area (Å²) < 4.78 is 0. The number of halogens is 2. The quantitative estimate of drug-likeness (QED) is 0.689. The fourth-order valence-corrected chi connectivity index (χ4v) is 2.24. The standard InChI is InChI=1S/C13H14Cl2N2O3/c1-7(13(20)17-2-3-18)11(12(16)19)8-4-9(14)6-10(15)5-8/h4-6,11,18H,1-3H2,(H2,16,19)(H,17,20).